The van der Waals surface area contributed by atoms with E-state index in [4.69, 9.17) is 32.0 Å². The molecule has 0 aromatic carbocycles. The van der Waals surface area contributed by atoms with Gasteiger partial charge in [-0.25, -0.2) is 9.59 Å². The SMILES string of the molecule is COC(=O)COc1cn([C@@H]2O[C@H](COP(=O)(Cl)Cl)[C@H](O)C2O)c(=O)[nH]c1=O. The Labute approximate surface area is 160 Å². The number of carbonyl (C=O) groups is 1. The zero-order valence-corrected chi connectivity index (χ0v) is 16.0. The number of nitrogens with zero attached hydrogens (tertiary/aromatic N) is 1. The van der Waals surface area contributed by atoms with E-state index in [-0.39, 0.29) is 0 Å². The summed E-state index contributed by atoms with van der Waals surface area (Å²) in [5.41, 5.74) is -1.91. The van der Waals surface area contributed by atoms with Crippen LogP contribution in [-0.4, -0.2) is 64.4 Å². The molecule has 0 amide bonds. The van der Waals surface area contributed by atoms with Gasteiger partial charge in [-0.2, -0.15) is 0 Å². The molecule has 0 bridgehead atoms. The third-order valence-electron chi connectivity index (χ3n) is 3.51. The second kappa shape index (κ2) is 8.74. The summed E-state index contributed by atoms with van der Waals surface area (Å²) in [5, 5.41) is 20.1. The smallest absolute Gasteiger partial charge is 0.380 e. The Balaban J connectivity index is 2.23. The van der Waals surface area contributed by atoms with E-state index >= 15 is 0 Å². The van der Waals surface area contributed by atoms with Crippen LogP contribution in [0.2, 0.25) is 0 Å². The van der Waals surface area contributed by atoms with E-state index in [9.17, 15) is 29.2 Å². The maximum Gasteiger partial charge on any atom is 0.380 e. The van der Waals surface area contributed by atoms with Crippen molar-refractivity contribution in [3.8, 4) is 5.75 Å². The summed E-state index contributed by atoms with van der Waals surface area (Å²) >= 11 is 10.5. The van der Waals surface area contributed by atoms with E-state index in [2.05, 4.69) is 9.26 Å². The first-order chi connectivity index (χ1) is 12.5. The molecule has 0 radical (unpaired) electrons. The molecule has 0 spiro atoms. The molecule has 1 unspecified atom stereocenters. The van der Waals surface area contributed by atoms with Crippen molar-refractivity contribution in [1.29, 1.82) is 0 Å². The van der Waals surface area contributed by atoms with Gasteiger partial charge in [0.15, 0.2) is 12.8 Å². The molecule has 4 atom stereocenters. The Morgan fingerprint density at radius 1 is 1.37 bits per heavy atom. The number of hydrogen-bond acceptors (Lipinski definition) is 10. The van der Waals surface area contributed by atoms with Gasteiger partial charge in [-0.05, 0) is 22.5 Å². The Bertz CT molecular complexity index is 851. The van der Waals surface area contributed by atoms with E-state index in [1.165, 1.54) is 0 Å². The molecule has 1 saturated heterocycles. The molecule has 152 valence electrons. The number of aromatic nitrogens is 2. The van der Waals surface area contributed by atoms with Gasteiger partial charge in [0.25, 0.3) is 5.56 Å². The lowest BCUT2D eigenvalue weighted by molar-refractivity contribution is -0.142. The molecule has 0 aliphatic carbocycles. The Morgan fingerprint density at radius 2 is 2.04 bits per heavy atom. The lowest BCUT2D eigenvalue weighted by Crippen LogP contribution is -2.38. The average Bonchev–Trinajstić information content (AvgIpc) is 2.86. The van der Waals surface area contributed by atoms with Gasteiger partial charge in [0.2, 0.25) is 5.75 Å². The van der Waals surface area contributed by atoms with Gasteiger partial charge in [-0.1, -0.05) is 0 Å². The number of H-pyrrole nitrogens is 1. The third kappa shape index (κ3) is 5.55. The lowest BCUT2D eigenvalue weighted by atomic mass is 10.1. The van der Waals surface area contributed by atoms with E-state index < -0.39 is 66.8 Å². The summed E-state index contributed by atoms with van der Waals surface area (Å²) in [6, 6.07) is 0. The van der Waals surface area contributed by atoms with Crippen molar-refractivity contribution in [1.82, 2.24) is 9.55 Å². The highest BCUT2D eigenvalue weighted by atomic mass is 35.9. The molecular formula is C12H15Cl2N2O10P. The topological polar surface area (TPSA) is 166 Å². The van der Waals surface area contributed by atoms with Gasteiger partial charge in [0.1, 0.15) is 18.3 Å². The summed E-state index contributed by atoms with van der Waals surface area (Å²) < 4.78 is 31.2. The molecule has 1 aromatic heterocycles. The number of carbonyl (C=O) groups excluding carboxylic acids is 1. The molecule has 1 aliphatic heterocycles. The quantitative estimate of drug-likeness (QED) is 0.358. The minimum absolute atomic E-state index is 0.434. The maximum atomic E-state index is 12.0. The van der Waals surface area contributed by atoms with Crippen LogP contribution in [0.25, 0.3) is 0 Å². The van der Waals surface area contributed by atoms with E-state index in [0.717, 1.165) is 17.9 Å². The fourth-order valence-electron chi connectivity index (χ4n) is 2.21. The van der Waals surface area contributed by atoms with Crippen molar-refractivity contribution in [3.63, 3.8) is 0 Å². The Hall–Kier alpha value is -1.40. The number of aromatic amines is 1. The molecular weight excluding hydrogens is 434 g/mol. The first-order valence-corrected chi connectivity index (χ1v) is 10.7. The standard InChI is InChI=1S/C12H15Cl2N2O10P/c1-23-7(17)4-24-5-2-16(12(21)15-10(5)20)11-9(19)8(18)6(26-11)3-25-27(13,14)22/h2,6,8-9,11,18-19H,3-4H2,1H3,(H,15,20,21)/t6-,8+,9?,11-/m1/s1. The molecule has 2 heterocycles. The van der Waals surface area contributed by atoms with Gasteiger partial charge in [0.05, 0.1) is 19.9 Å². The Morgan fingerprint density at radius 3 is 2.63 bits per heavy atom. The number of esters is 1. The zero-order valence-electron chi connectivity index (χ0n) is 13.6. The molecule has 1 aliphatic rings. The van der Waals surface area contributed by atoms with Crippen LogP contribution >= 0.6 is 28.6 Å². The van der Waals surface area contributed by atoms with Crippen LogP contribution in [0.1, 0.15) is 6.23 Å². The summed E-state index contributed by atoms with van der Waals surface area (Å²) in [6.45, 7) is -1.14. The van der Waals surface area contributed by atoms with Crippen LogP contribution in [0, 0.1) is 0 Å². The molecule has 2 rings (SSSR count). The van der Waals surface area contributed by atoms with Gasteiger partial charge >= 0.3 is 17.7 Å². The van der Waals surface area contributed by atoms with Crippen LogP contribution in [-0.2, 0) is 23.4 Å². The number of methoxy groups -OCH3 is 1. The maximum absolute atomic E-state index is 12.0. The summed E-state index contributed by atoms with van der Waals surface area (Å²) in [7, 11) is 1.11. The number of halogens is 2. The minimum Gasteiger partial charge on any atom is -0.475 e. The van der Waals surface area contributed by atoms with E-state index in [1.54, 1.807) is 0 Å². The monoisotopic (exact) mass is 448 g/mol. The predicted molar refractivity (Wildman–Crippen MR) is 90.0 cm³/mol. The molecule has 1 fully saturated rings. The molecule has 15 heteroatoms. The summed E-state index contributed by atoms with van der Waals surface area (Å²) in [4.78, 5) is 36.8. The number of rotatable bonds is 7. The van der Waals surface area contributed by atoms with Crippen molar-refractivity contribution in [2.24, 2.45) is 0 Å². The number of hydrogen-bond donors (Lipinski definition) is 3. The van der Waals surface area contributed by atoms with Gasteiger partial charge in [-0.15, -0.1) is 0 Å². The molecule has 27 heavy (non-hydrogen) atoms. The molecule has 12 nitrogen and oxygen atoms in total. The second-order valence-electron chi connectivity index (χ2n) is 5.28. The van der Waals surface area contributed by atoms with Crippen LogP contribution in [0.5, 0.6) is 5.75 Å². The van der Waals surface area contributed by atoms with Crippen molar-refractivity contribution in [2.45, 2.75) is 24.5 Å². The van der Waals surface area contributed by atoms with Crippen LogP contribution in [0.3, 0.4) is 0 Å². The average molecular weight is 449 g/mol. The number of ether oxygens (including phenoxy) is 3. The molecule has 1 aromatic rings. The molecule has 3 N–H and O–H groups in total. The third-order valence-corrected chi connectivity index (χ3v) is 4.54. The second-order valence-corrected chi connectivity index (χ2v) is 9.56. The first-order valence-electron chi connectivity index (χ1n) is 7.24. The van der Waals surface area contributed by atoms with Crippen LogP contribution < -0.4 is 16.0 Å². The zero-order chi connectivity index (χ0) is 20.4. The lowest BCUT2D eigenvalue weighted by Gasteiger charge is -2.18. The fraction of sp³-hybridized carbons (Fsp3) is 0.583. The highest BCUT2D eigenvalue weighted by Gasteiger charge is 2.45. The fourth-order valence-corrected chi connectivity index (χ4v) is 2.87. The van der Waals surface area contributed by atoms with Gasteiger partial charge in [0, 0.05) is 0 Å². The van der Waals surface area contributed by atoms with Crippen molar-refractivity contribution >= 4 is 34.5 Å². The molecule has 0 saturated carbocycles. The highest BCUT2D eigenvalue weighted by Crippen LogP contribution is 2.57. The first kappa shape index (κ1) is 21.9. The number of aliphatic hydroxyl groups excluding tert-OH is 2. The van der Waals surface area contributed by atoms with Crippen molar-refractivity contribution in [2.75, 3.05) is 20.3 Å². The van der Waals surface area contributed by atoms with Crippen molar-refractivity contribution < 1.29 is 38.3 Å². The van der Waals surface area contributed by atoms with Crippen LogP contribution in [0.15, 0.2) is 15.8 Å². The minimum atomic E-state index is -3.91. The predicted octanol–water partition coefficient (Wildman–Crippen LogP) is -0.690. The number of nitrogens with one attached hydrogen (secondary N) is 1. The summed E-state index contributed by atoms with van der Waals surface area (Å²) in [6.07, 6.45) is -8.87. The normalized spacial score (nSPS) is 25.4. The highest BCUT2D eigenvalue weighted by molar-refractivity contribution is 8.05. The van der Waals surface area contributed by atoms with E-state index in [0.29, 0.717) is 0 Å². The van der Waals surface area contributed by atoms with Gasteiger partial charge < -0.3 is 28.9 Å². The van der Waals surface area contributed by atoms with E-state index in [1.807, 2.05) is 4.98 Å². The summed E-state index contributed by atoms with van der Waals surface area (Å²) in [5.74, 6) is -1.21. The Kier molecular flexibility index (Phi) is 7.09. The van der Waals surface area contributed by atoms with Crippen molar-refractivity contribution in [3.05, 3.63) is 27.0 Å². The van der Waals surface area contributed by atoms with Crippen LogP contribution in [0.4, 0.5) is 0 Å². The van der Waals surface area contributed by atoms with Gasteiger partial charge in [-0.3, -0.25) is 18.9 Å². The number of aliphatic hydroxyl groups is 2. The largest absolute Gasteiger partial charge is 0.475 e.